The summed E-state index contributed by atoms with van der Waals surface area (Å²) in [7, 11) is 1.72. The van der Waals surface area contributed by atoms with Crippen molar-refractivity contribution in [3.8, 4) is 5.75 Å². The van der Waals surface area contributed by atoms with Gasteiger partial charge in [0.2, 0.25) is 0 Å². The van der Waals surface area contributed by atoms with Crippen LogP contribution in [-0.4, -0.2) is 50.4 Å². The first-order valence-corrected chi connectivity index (χ1v) is 6.84. The van der Waals surface area contributed by atoms with Crippen LogP contribution in [0.1, 0.15) is 12.5 Å². The van der Waals surface area contributed by atoms with E-state index in [0.717, 1.165) is 38.5 Å². The lowest BCUT2D eigenvalue weighted by Gasteiger charge is -2.43. The van der Waals surface area contributed by atoms with Crippen LogP contribution in [0.25, 0.3) is 0 Å². The molecule has 0 radical (unpaired) electrons. The lowest BCUT2D eigenvalue weighted by Crippen LogP contribution is -2.56. The molecular weight excluding hydrogens is 240 g/mol. The zero-order valence-corrected chi connectivity index (χ0v) is 11.9. The first-order valence-electron chi connectivity index (χ1n) is 6.84. The van der Waals surface area contributed by atoms with Gasteiger partial charge in [-0.3, -0.25) is 4.90 Å². The molecule has 0 aliphatic carbocycles. The van der Waals surface area contributed by atoms with Crippen molar-refractivity contribution >= 4 is 0 Å². The van der Waals surface area contributed by atoms with Crippen molar-refractivity contribution in [3.63, 3.8) is 0 Å². The molecule has 1 unspecified atom stereocenters. The van der Waals surface area contributed by atoms with Gasteiger partial charge in [0.05, 0.1) is 20.3 Å². The second kappa shape index (κ2) is 6.37. The highest BCUT2D eigenvalue weighted by Gasteiger charge is 2.32. The van der Waals surface area contributed by atoms with E-state index in [0.29, 0.717) is 6.54 Å². The largest absolute Gasteiger partial charge is 0.496 e. The van der Waals surface area contributed by atoms with E-state index < -0.39 is 0 Å². The highest BCUT2D eigenvalue weighted by molar-refractivity contribution is 5.34. The van der Waals surface area contributed by atoms with Gasteiger partial charge in [-0.2, -0.15) is 0 Å². The van der Waals surface area contributed by atoms with Crippen molar-refractivity contribution in [2.45, 2.75) is 18.9 Å². The van der Waals surface area contributed by atoms with E-state index >= 15 is 0 Å². The predicted molar refractivity (Wildman–Crippen MR) is 76.5 cm³/mol. The number of nitrogens with two attached hydrogens (primary N) is 1. The van der Waals surface area contributed by atoms with Crippen molar-refractivity contribution in [2.24, 2.45) is 5.73 Å². The lowest BCUT2D eigenvalue weighted by molar-refractivity contribution is -0.0133. The molecule has 0 saturated carbocycles. The summed E-state index contributed by atoms with van der Waals surface area (Å²) in [5, 5.41) is 0. The van der Waals surface area contributed by atoms with Crippen LogP contribution in [0.4, 0.5) is 0 Å². The Labute approximate surface area is 115 Å². The highest BCUT2D eigenvalue weighted by atomic mass is 16.5. The maximum Gasteiger partial charge on any atom is 0.122 e. The molecule has 106 valence electrons. The standard InChI is InChI=1S/C15H24N2O2/c1-15(12-16,17-7-9-19-10-8-17)11-13-5-3-4-6-14(13)18-2/h3-6H,7-12,16H2,1-2H3. The number of ether oxygens (including phenoxy) is 2. The summed E-state index contributed by atoms with van der Waals surface area (Å²) in [5.41, 5.74) is 7.22. The van der Waals surface area contributed by atoms with Crippen LogP contribution in [0.3, 0.4) is 0 Å². The highest BCUT2D eigenvalue weighted by Crippen LogP contribution is 2.26. The molecule has 1 aromatic rings. The van der Waals surface area contributed by atoms with Gasteiger partial charge in [0, 0.05) is 25.2 Å². The van der Waals surface area contributed by atoms with Gasteiger partial charge in [-0.15, -0.1) is 0 Å². The molecule has 1 aliphatic rings. The summed E-state index contributed by atoms with van der Waals surface area (Å²) in [5.74, 6) is 0.940. The Hall–Kier alpha value is -1.10. The maximum absolute atomic E-state index is 6.05. The fourth-order valence-electron chi connectivity index (χ4n) is 2.68. The number of morpholine rings is 1. The zero-order chi connectivity index (χ0) is 13.7. The van der Waals surface area contributed by atoms with Gasteiger partial charge in [0.1, 0.15) is 5.75 Å². The van der Waals surface area contributed by atoms with Gasteiger partial charge in [-0.05, 0) is 25.0 Å². The Balaban J connectivity index is 2.16. The van der Waals surface area contributed by atoms with E-state index in [1.807, 2.05) is 18.2 Å². The molecule has 4 heteroatoms. The van der Waals surface area contributed by atoms with E-state index in [1.165, 1.54) is 5.56 Å². The number of rotatable bonds is 5. The van der Waals surface area contributed by atoms with Gasteiger partial charge in [0.15, 0.2) is 0 Å². The third kappa shape index (κ3) is 3.26. The number of hydrogen-bond donors (Lipinski definition) is 1. The number of nitrogens with zero attached hydrogens (tertiary/aromatic N) is 1. The first-order chi connectivity index (χ1) is 9.19. The Morgan fingerprint density at radius 2 is 2.00 bits per heavy atom. The van der Waals surface area contributed by atoms with E-state index in [2.05, 4.69) is 17.9 Å². The average molecular weight is 264 g/mol. The van der Waals surface area contributed by atoms with E-state index in [-0.39, 0.29) is 5.54 Å². The molecule has 2 N–H and O–H groups in total. The normalized spacial score (nSPS) is 19.9. The van der Waals surface area contributed by atoms with E-state index in [1.54, 1.807) is 7.11 Å². The molecule has 1 heterocycles. The molecule has 2 rings (SSSR count). The van der Waals surface area contributed by atoms with Crippen molar-refractivity contribution in [3.05, 3.63) is 29.8 Å². The lowest BCUT2D eigenvalue weighted by atomic mass is 9.90. The van der Waals surface area contributed by atoms with Gasteiger partial charge in [0.25, 0.3) is 0 Å². The van der Waals surface area contributed by atoms with Gasteiger partial charge in [-0.1, -0.05) is 18.2 Å². The molecule has 1 fully saturated rings. The number of benzene rings is 1. The monoisotopic (exact) mass is 264 g/mol. The Kier molecular flexibility index (Phi) is 4.80. The second-order valence-electron chi connectivity index (χ2n) is 5.29. The molecule has 1 aliphatic heterocycles. The molecule has 1 aromatic carbocycles. The maximum atomic E-state index is 6.05. The van der Waals surface area contributed by atoms with Gasteiger partial charge in [-0.25, -0.2) is 0 Å². The summed E-state index contributed by atoms with van der Waals surface area (Å²) in [6.45, 7) is 6.34. The van der Waals surface area contributed by atoms with Crippen LogP contribution in [0.2, 0.25) is 0 Å². The van der Waals surface area contributed by atoms with Crippen LogP contribution >= 0.6 is 0 Å². The molecular formula is C15H24N2O2. The predicted octanol–water partition coefficient (Wildman–Crippen LogP) is 1.29. The summed E-state index contributed by atoms with van der Waals surface area (Å²) >= 11 is 0. The van der Waals surface area contributed by atoms with E-state index in [9.17, 15) is 0 Å². The average Bonchev–Trinajstić information content (AvgIpc) is 2.48. The smallest absolute Gasteiger partial charge is 0.122 e. The minimum Gasteiger partial charge on any atom is -0.496 e. The summed E-state index contributed by atoms with van der Waals surface area (Å²) in [6.07, 6.45) is 0.896. The number of para-hydroxylation sites is 1. The van der Waals surface area contributed by atoms with E-state index in [4.69, 9.17) is 15.2 Å². The van der Waals surface area contributed by atoms with Crippen LogP contribution in [0.5, 0.6) is 5.75 Å². The summed E-state index contributed by atoms with van der Waals surface area (Å²) < 4.78 is 10.9. The van der Waals surface area contributed by atoms with Gasteiger partial charge < -0.3 is 15.2 Å². The van der Waals surface area contributed by atoms with Crippen LogP contribution in [0, 0.1) is 0 Å². The van der Waals surface area contributed by atoms with Crippen molar-refractivity contribution in [2.75, 3.05) is 40.0 Å². The molecule has 0 amide bonds. The third-order valence-electron chi connectivity index (χ3n) is 3.98. The quantitative estimate of drug-likeness (QED) is 0.870. The number of hydrogen-bond acceptors (Lipinski definition) is 4. The Bertz CT molecular complexity index is 405. The van der Waals surface area contributed by atoms with Gasteiger partial charge >= 0.3 is 0 Å². The molecule has 0 spiro atoms. The third-order valence-corrected chi connectivity index (χ3v) is 3.98. The summed E-state index contributed by atoms with van der Waals surface area (Å²) in [6, 6.07) is 8.17. The molecule has 4 nitrogen and oxygen atoms in total. The zero-order valence-electron chi connectivity index (χ0n) is 11.9. The Morgan fingerprint density at radius 3 is 2.63 bits per heavy atom. The van der Waals surface area contributed by atoms with Crippen molar-refractivity contribution in [1.82, 2.24) is 4.90 Å². The molecule has 19 heavy (non-hydrogen) atoms. The molecule has 0 bridgehead atoms. The first kappa shape index (κ1) is 14.3. The summed E-state index contributed by atoms with van der Waals surface area (Å²) in [4.78, 5) is 2.43. The fraction of sp³-hybridized carbons (Fsp3) is 0.600. The molecule has 0 aromatic heterocycles. The topological polar surface area (TPSA) is 47.7 Å². The second-order valence-corrected chi connectivity index (χ2v) is 5.29. The molecule has 1 atom stereocenters. The van der Waals surface area contributed by atoms with Crippen LogP contribution < -0.4 is 10.5 Å². The minimum atomic E-state index is -0.0432. The SMILES string of the molecule is COc1ccccc1CC(C)(CN)N1CCOCC1. The minimum absolute atomic E-state index is 0.0432. The van der Waals surface area contributed by atoms with Crippen LogP contribution in [-0.2, 0) is 11.2 Å². The van der Waals surface area contributed by atoms with Crippen LogP contribution in [0.15, 0.2) is 24.3 Å². The van der Waals surface area contributed by atoms with Crippen molar-refractivity contribution < 1.29 is 9.47 Å². The van der Waals surface area contributed by atoms with Crippen molar-refractivity contribution in [1.29, 1.82) is 0 Å². The fourth-order valence-corrected chi connectivity index (χ4v) is 2.68. The number of methoxy groups -OCH3 is 1. The Morgan fingerprint density at radius 1 is 1.32 bits per heavy atom. The molecule has 1 saturated heterocycles.